The van der Waals surface area contributed by atoms with Gasteiger partial charge in [-0.15, -0.1) is 16.4 Å². The first-order valence-corrected chi connectivity index (χ1v) is 9.64. The van der Waals surface area contributed by atoms with Crippen LogP contribution in [-0.2, 0) is 17.8 Å². The zero-order valence-corrected chi connectivity index (χ0v) is 15.6. The minimum Gasteiger partial charge on any atom is -0.379 e. The summed E-state index contributed by atoms with van der Waals surface area (Å²) in [6.45, 7) is 4.97. The fourth-order valence-corrected chi connectivity index (χ4v) is 3.76. The number of thiophene rings is 1. The molecule has 1 saturated heterocycles. The van der Waals surface area contributed by atoms with Crippen LogP contribution < -0.4 is 5.32 Å². The van der Waals surface area contributed by atoms with Crippen LogP contribution in [0.5, 0.6) is 0 Å². The average molecular weight is 384 g/mol. The molecule has 0 bridgehead atoms. The van der Waals surface area contributed by atoms with Gasteiger partial charge in [0, 0.05) is 26.2 Å². The van der Waals surface area contributed by atoms with Gasteiger partial charge in [-0.1, -0.05) is 24.3 Å². The van der Waals surface area contributed by atoms with E-state index in [2.05, 4.69) is 50.0 Å². The van der Waals surface area contributed by atoms with Crippen molar-refractivity contribution in [3.8, 4) is 5.69 Å². The molecule has 8 nitrogen and oxygen atoms in total. The van der Waals surface area contributed by atoms with Crippen LogP contribution in [0.25, 0.3) is 5.69 Å². The molecule has 0 saturated carbocycles. The van der Waals surface area contributed by atoms with Gasteiger partial charge in [0.1, 0.15) is 11.2 Å². The van der Waals surface area contributed by atoms with Gasteiger partial charge in [0.05, 0.1) is 18.9 Å². The third-order valence-electron chi connectivity index (χ3n) is 4.43. The average Bonchev–Trinajstić information content (AvgIpc) is 3.39. The maximum atomic E-state index is 12.5. The molecule has 4 rings (SSSR count). The van der Waals surface area contributed by atoms with Crippen LogP contribution in [0.15, 0.2) is 42.0 Å². The van der Waals surface area contributed by atoms with Crippen molar-refractivity contribution >= 4 is 17.2 Å². The van der Waals surface area contributed by atoms with E-state index >= 15 is 0 Å². The highest BCUT2D eigenvalue weighted by Crippen LogP contribution is 2.20. The highest BCUT2D eigenvalue weighted by atomic mass is 32.1. The lowest BCUT2D eigenvalue weighted by atomic mass is 10.1. The normalized spacial score (nSPS) is 15.0. The Morgan fingerprint density at radius 1 is 1.15 bits per heavy atom. The Morgan fingerprint density at radius 2 is 1.93 bits per heavy atom. The van der Waals surface area contributed by atoms with Gasteiger partial charge in [-0.3, -0.25) is 9.69 Å². The number of aromatic nitrogens is 4. The van der Waals surface area contributed by atoms with Crippen LogP contribution in [0.4, 0.5) is 0 Å². The molecule has 0 aliphatic carbocycles. The Bertz CT molecular complexity index is 872. The van der Waals surface area contributed by atoms with E-state index in [4.69, 9.17) is 4.74 Å². The van der Waals surface area contributed by atoms with Crippen molar-refractivity contribution in [2.24, 2.45) is 0 Å². The highest BCUT2D eigenvalue weighted by molar-refractivity contribution is 7.12. The van der Waals surface area contributed by atoms with Crippen molar-refractivity contribution in [3.63, 3.8) is 0 Å². The lowest BCUT2D eigenvalue weighted by Crippen LogP contribution is -2.35. The summed E-state index contributed by atoms with van der Waals surface area (Å²) in [6.07, 6.45) is 1.48. The molecule has 27 heavy (non-hydrogen) atoms. The molecular weight excluding hydrogens is 364 g/mol. The molecule has 0 unspecified atom stereocenters. The molecule has 3 aromatic rings. The van der Waals surface area contributed by atoms with E-state index in [1.807, 2.05) is 11.4 Å². The summed E-state index contributed by atoms with van der Waals surface area (Å²) in [4.78, 5) is 15.5. The number of hydrogen-bond donors (Lipinski definition) is 1. The fraction of sp³-hybridized carbons (Fsp3) is 0.333. The van der Waals surface area contributed by atoms with E-state index in [0.717, 1.165) is 38.4 Å². The Balaban J connectivity index is 1.33. The Hall–Kier alpha value is -2.62. The standard InChI is InChI=1S/C18H20N6O2S/c25-18(17-16(5-10-27-17)24-13-20-21-22-24)19-11-14-1-3-15(4-2-14)12-23-6-8-26-9-7-23/h1-5,10,13H,6-9,11-12H2,(H,19,25). The van der Waals surface area contributed by atoms with Crippen molar-refractivity contribution in [1.82, 2.24) is 30.4 Å². The molecule has 0 atom stereocenters. The third kappa shape index (κ3) is 4.38. The van der Waals surface area contributed by atoms with Gasteiger partial charge < -0.3 is 10.1 Å². The molecule has 1 fully saturated rings. The van der Waals surface area contributed by atoms with Gasteiger partial charge in [0.25, 0.3) is 5.91 Å². The fourth-order valence-electron chi connectivity index (χ4n) is 2.97. The zero-order chi connectivity index (χ0) is 18.5. The third-order valence-corrected chi connectivity index (χ3v) is 5.33. The number of tetrazole rings is 1. The summed E-state index contributed by atoms with van der Waals surface area (Å²) in [5.74, 6) is -0.132. The molecule has 1 aromatic carbocycles. The van der Waals surface area contributed by atoms with Crippen molar-refractivity contribution < 1.29 is 9.53 Å². The van der Waals surface area contributed by atoms with Gasteiger partial charge in [-0.25, -0.2) is 0 Å². The van der Waals surface area contributed by atoms with Crippen molar-refractivity contribution in [2.45, 2.75) is 13.1 Å². The largest absolute Gasteiger partial charge is 0.379 e. The molecule has 0 spiro atoms. The molecule has 1 N–H and O–H groups in total. The van der Waals surface area contributed by atoms with Crippen molar-refractivity contribution in [2.75, 3.05) is 26.3 Å². The Morgan fingerprint density at radius 3 is 2.67 bits per heavy atom. The molecule has 1 aliphatic heterocycles. The van der Waals surface area contributed by atoms with Gasteiger partial charge in [-0.05, 0) is 33.0 Å². The lowest BCUT2D eigenvalue weighted by Gasteiger charge is -2.26. The molecule has 9 heteroatoms. The summed E-state index contributed by atoms with van der Waals surface area (Å²) < 4.78 is 6.87. The smallest absolute Gasteiger partial charge is 0.263 e. The number of nitrogens with one attached hydrogen (secondary N) is 1. The minimum atomic E-state index is -0.132. The van der Waals surface area contributed by atoms with Crippen LogP contribution >= 0.6 is 11.3 Å². The molecule has 1 amide bonds. The molecule has 140 valence electrons. The molecule has 0 radical (unpaired) electrons. The van der Waals surface area contributed by atoms with Crippen LogP contribution in [0.2, 0.25) is 0 Å². The number of rotatable bonds is 6. The number of benzene rings is 1. The Labute approximate surface area is 160 Å². The van der Waals surface area contributed by atoms with E-state index in [-0.39, 0.29) is 5.91 Å². The number of ether oxygens (including phenoxy) is 1. The second-order valence-corrected chi connectivity index (χ2v) is 7.19. The SMILES string of the molecule is O=C(NCc1ccc(CN2CCOCC2)cc1)c1sccc1-n1cnnn1. The van der Waals surface area contributed by atoms with E-state index in [1.165, 1.54) is 27.9 Å². The zero-order valence-electron chi connectivity index (χ0n) is 14.7. The Kier molecular flexibility index (Phi) is 5.52. The van der Waals surface area contributed by atoms with Gasteiger partial charge in [-0.2, -0.15) is 4.68 Å². The summed E-state index contributed by atoms with van der Waals surface area (Å²) >= 11 is 1.37. The van der Waals surface area contributed by atoms with Crippen LogP contribution in [0, 0.1) is 0 Å². The second kappa shape index (κ2) is 8.38. The second-order valence-electron chi connectivity index (χ2n) is 6.28. The summed E-state index contributed by atoms with van der Waals surface area (Å²) in [5.41, 5.74) is 3.02. The van der Waals surface area contributed by atoms with Crippen LogP contribution in [-0.4, -0.2) is 57.3 Å². The molecule has 2 aromatic heterocycles. The number of carbonyl (C=O) groups is 1. The first kappa shape index (κ1) is 17.8. The van der Waals surface area contributed by atoms with Crippen molar-refractivity contribution in [1.29, 1.82) is 0 Å². The highest BCUT2D eigenvalue weighted by Gasteiger charge is 2.15. The monoisotopic (exact) mass is 384 g/mol. The number of nitrogens with zero attached hydrogens (tertiary/aromatic N) is 5. The maximum absolute atomic E-state index is 12.5. The van der Waals surface area contributed by atoms with E-state index < -0.39 is 0 Å². The lowest BCUT2D eigenvalue weighted by molar-refractivity contribution is 0.0342. The number of carbonyl (C=O) groups excluding carboxylic acids is 1. The summed E-state index contributed by atoms with van der Waals surface area (Å²) in [5, 5.41) is 15.9. The maximum Gasteiger partial charge on any atom is 0.263 e. The number of amides is 1. The predicted molar refractivity (Wildman–Crippen MR) is 101 cm³/mol. The van der Waals surface area contributed by atoms with Crippen LogP contribution in [0.3, 0.4) is 0 Å². The summed E-state index contributed by atoms with van der Waals surface area (Å²) in [6, 6.07) is 10.2. The first-order valence-electron chi connectivity index (χ1n) is 8.76. The first-order chi connectivity index (χ1) is 13.3. The number of hydrogen-bond acceptors (Lipinski definition) is 7. The summed E-state index contributed by atoms with van der Waals surface area (Å²) in [7, 11) is 0. The quantitative estimate of drug-likeness (QED) is 0.693. The van der Waals surface area contributed by atoms with Gasteiger partial charge in [0.2, 0.25) is 0 Å². The van der Waals surface area contributed by atoms with E-state index in [1.54, 1.807) is 0 Å². The predicted octanol–water partition coefficient (Wildman–Crippen LogP) is 1.49. The number of morpholine rings is 1. The topological polar surface area (TPSA) is 85.2 Å². The van der Waals surface area contributed by atoms with Gasteiger partial charge in [0.15, 0.2) is 0 Å². The van der Waals surface area contributed by atoms with Gasteiger partial charge >= 0.3 is 0 Å². The van der Waals surface area contributed by atoms with E-state index in [0.29, 0.717) is 17.1 Å². The van der Waals surface area contributed by atoms with Crippen molar-refractivity contribution in [3.05, 3.63) is 58.0 Å². The van der Waals surface area contributed by atoms with E-state index in [9.17, 15) is 4.79 Å². The van der Waals surface area contributed by atoms with Crippen LogP contribution in [0.1, 0.15) is 20.8 Å². The minimum absolute atomic E-state index is 0.132. The molecule has 3 heterocycles. The molecule has 1 aliphatic rings. The molecular formula is C18H20N6O2S.